The quantitative estimate of drug-likeness (QED) is 0.936. The van der Waals surface area contributed by atoms with Crippen LogP contribution in [0.25, 0.3) is 0 Å². The van der Waals surface area contributed by atoms with Crippen molar-refractivity contribution in [2.24, 2.45) is 0 Å². The molecule has 2 aromatic rings. The molecule has 0 saturated heterocycles. The summed E-state index contributed by atoms with van der Waals surface area (Å²) in [5.74, 6) is 2.07. The Morgan fingerprint density at radius 1 is 1.05 bits per heavy atom. The molecule has 1 N–H and O–H groups in total. The van der Waals surface area contributed by atoms with Gasteiger partial charge in [-0.1, -0.05) is 24.3 Å². The zero-order valence-electron chi connectivity index (χ0n) is 12.2. The highest BCUT2D eigenvalue weighted by Crippen LogP contribution is 2.38. The summed E-state index contributed by atoms with van der Waals surface area (Å²) in [5.41, 5.74) is 2.37. The SMILES string of the molecule is Fc1ccc(C2CC(NCc3cccc4c3OCO4)C2)cc1. The maximum atomic E-state index is 12.9. The van der Waals surface area contributed by atoms with Gasteiger partial charge in [0.2, 0.25) is 6.79 Å². The van der Waals surface area contributed by atoms with E-state index in [0.717, 1.165) is 36.4 Å². The largest absolute Gasteiger partial charge is 0.454 e. The summed E-state index contributed by atoms with van der Waals surface area (Å²) in [4.78, 5) is 0. The summed E-state index contributed by atoms with van der Waals surface area (Å²) >= 11 is 0. The van der Waals surface area contributed by atoms with E-state index in [1.54, 1.807) is 12.1 Å². The number of benzene rings is 2. The van der Waals surface area contributed by atoms with E-state index in [4.69, 9.17) is 9.47 Å². The number of nitrogens with one attached hydrogen (secondary N) is 1. The molecule has 1 aliphatic heterocycles. The van der Waals surface area contributed by atoms with Crippen molar-refractivity contribution in [2.75, 3.05) is 6.79 Å². The van der Waals surface area contributed by atoms with Crippen molar-refractivity contribution in [3.8, 4) is 11.5 Å². The van der Waals surface area contributed by atoms with Gasteiger partial charge in [0.05, 0.1) is 0 Å². The summed E-state index contributed by atoms with van der Waals surface area (Å²) < 4.78 is 23.8. The maximum Gasteiger partial charge on any atom is 0.231 e. The molecule has 1 saturated carbocycles. The first kappa shape index (κ1) is 13.6. The molecule has 0 spiro atoms. The number of halogens is 1. The second-order valence-electron chi connectivity index (χ2n) is 5.95. The van der Waals surface area contributed by atoms with Gasteiger partial charge in [0.25, 0.3) is 0 Å². The van der Waals surface area contributed by atoms with Crippen LogP contribution in [-0.2, 0) is 6.54 Å². The minimum absolute atomic E-state index is 0.169. The number of rotatable bonds is 4. The Bertz CT molecular complexity index is 665. The average molecular weight is 299 g/mol. The van der Waals surface area contributed by atoms with Crippen LogP contribution in [0.4, 0.5) is 4.39 Å². The third kappa shape index (κ3) is 2.55. The van der Waals surface area contributed by atoms with Crippen molar-refractivity contribution >= 4 is 0 Å². The van der Waals surface area contributed by atoms with Crippen LogP contribution in [0, 0.1) is 5.82 Å². The van der Waals surface area contributed by atoms with Crippen LogP contribution in [0.2, 0.25) is 0 Å². The van der Waals surface area contributed by atoms with E-state index in [-0.39, 0.29) is 5.82 Å². The van der Waals surface area contributed by atoms with Crippen LogP contribution in [-0.4, -0.2) is 12.8 Å². The van der Waals surface area contributed by atoms with Gasteiger partial charge in [0.15, 0.2) is 11.5 Å². The molecule has 2 aliphatic rings. The molecule has 2 aromatic carbocycles. The lowest BCUT2D eigenvalue weighted by atomic mass is 9.76. The normalized spacial score (nSPS) is 22.4. The van der Waals surface area contributed by atoms with Crippen LogP contribution >= 0.6 is 0 Å². The van der Waals surface area contributed by atoms with Crippen molar-refractivity contribution in [1.29, 1.82) is 0 Å². The molecule has 0 unspecified atom stereocenters. The topological polar surface area (TPSA) is 30.5 Å². The highest BCUT2D eigenvalue weighted by molar-refractivity contribution is 5.48. The van der Waals surface area contributed by atoms with Gasteiger partial charge in [-0.25, -0.2) is 4.39 Å². The zero-order chi connectivity index (χ0) is 14.9. The van der Waals surface area contributed by atoms with Gasteiger partial charge in [-0.05, 0) is 42.5 Å². The lowest BCUT2D eigenvalue weighted by Crippen LogP contribution is -2.39. The maximum absolute atomic E-state index is 12.9. The molecule has 4 heteroatoms. The van der Waals surface area contributed by atoms with Gasteiger partial charge in [-0.15, -0.1) is 0 Å². The summed E-state index contributed by atoms with van der Waals surface area (Å²) in [6.45, 7) is 1.09. The first-order chi connectivity index (χ1) is 10.8. The minimum Gasteiger partial charge on any atom is -0.454 e. The van der Waals surface area contributed by atoms with E-state index >= 15 is 0 Å². The van der Waals surface area contributed by atoms with Gasteiger partial charge in [-0.3, -0.25) is 0 Å². The zero-order valence-corrected chi connectivity index (χ0v) is 12.2. The smallest absolute Gasteiger partial charge is 0.231 e. The predicted octanol–water partition coefficient (Wildman–Crippen LogP) is 3.59. The molecule has 22 heavy (non-hydrogen) atoms. The molecular weight excluding hydrogens is 281 g/mol. The van der Waals surface area contributed by atoms with E-state index in [1.807, 2.05) is 24.3 Å². The first-order valence-electron chi connectivity index (χ1n) is 7.66. The minimum atomic E-state index is -0.169. The number of para-hydroxylation sites is 1. The molecule has 1 fully saturated rings. The summed E-state index contributed by atoms with van der Waals surface area (Å²) in [5, 5.41) is 3.57. The van der Waals surface area contributed by atoms with Gasteiger partial charge < -0.3 is 14.8 Å². The third-order valence-electron chi connectivity index (χ3n) is 4.54. The van der Waals surface area contributed by atoms with Crippen molar-refractivity contribution < 1.29 is 13.9 Å². The number of hydrogen-bond acceptors (Lipinski definition) is 3. The fraction of sp³-hybridized carbons (Fsp3) is 0.333. The number of fused-ring (bicyclic) bond motifs is 1. The highest BCUT2D eigenvalue weighted by Gasteiger charge is 2.30. The molecule has 0 aromatic heterocycles. The van der Waals surface area contributed by atoms with Crippen molar-refractivity contribution in [3.63, 3.8) is 0 Å². The van der Waals surface area contributed by atoms with Crippen LogP contribution in [0.3, 0.4) is 0 Å². The Kier molecular flexibility index (Phi) is 3.47. The monoisotopic (exact) mass is 299 g/mol. The molecule has 0 amide bonds. The number of hydrogen-bond donors (Lipinski definition) is 1. The predicted molar refractivity (Wildman–Crippen MR) is 81.6 cm³/mol. The molecule has 1 aliphatic carbocycles. The van der Waals surface area contributed by atoms with E-state index in [2.05, 4.69) is 11.4 Å². The number of ether oxygens (including phenoxy) is 2. The second kappa shape index (κ2) is 5.61. The highest BCUT2D eigenvalue weighted by atomic mass is 19.1. The molecule has 0 radical (unpaired) electrons. The van der Waals surface area contributed by atoms with Crippen molar-refractivity contribution in [1.82, 2.24) is 5.32 Å². The fourth-order valence-corrected chi connectivity index (χ4v) is 3.18. The summed E-state index contributed by atoms with van der Waals surface area (Å²) in [6.07, 6.45) is 2.19. The first-order valence-corrected chi connectivity index (χ1v) is 7.66. The Morgan fingerprint density at radius 2 is 1.86 bits per heavy atom. The van der Waals surface area contributed by atoms with E-state index in [0.29, 0.717) is 18.8 Å². The molecular formula is C18H18FNO2. The Balaban J connectivity index is 1.32. The molecule has 3 nitrogen and oxygen atoms in total. The Hall–Kier alpha value is -2.07. The Morgan fingerprint density at radius 3 is 2.68 bits per heavy atom. The molecule has 0 atom stereocenters. The van der Waals surface area contributed by atoms with E-state index in [1.165, 1.54) is 5.56 Å². The van der Waals surface area contributed by atoms with Crippen LogP contribution in [0.5, 0.6) is 11.5 Å². The third-order valence-corrected chi connectivity index (χ3v) is 4.54. The van der Waals surface area contributed by atoms with Crippen LogP contribution in [0.15, 0.2) is 42.5 Å². The molecule has 4 rings (SSSR count). The second-order valence-corrected chi connectivity index (χ2v) is 5.95. The van der Waals surface area contributed by atoms with Crippen molar-refractivity contribution in [2.45, 2.75) is 31.3 Å². The summed E-state index contributed by atoms with van der Waals surface area (Å²) in [6, 6.07) is 13.4. The van der Waals surface area contributed by atoms with Gasteiger partial charge in [0, 0.05) is 18.2 Å². The standard InChI is InChI=1S/C18H18FNO2/c19-15-6-4-12(5-7-15)14-8-16(9-14)20-10-13-2-1-3-17-18(13)22-11-21-17/h1-7,14,16,20H,8-11H2. The van der Waals surface area contributed by atoms with Crippen LogP contribution < -0.4 is 14.8 Å². The van der Waals surface area contributed by atoms with E-state index in [9.17, 15) is 4.39 Å². The van der Waals surface area contributed by atoms with Gasteiger partial charge >= 0.3 is 0 Å². The lowest BCUT2D eigenvalue weighted by Gasteiger charge is -2.36. The van der Waals surface area contributed by atoms with Gasteiger partial charge in [0.1, 0.15) is 5.82 Å². The fourth-order valence-electron chi connectivity index (χ4n) is 3.18. The average Bonchev–Trinajstić information content (AvgIpc) is 2.96. The summed E-state index contributed by atoms with van der Waals surface area (Å²) in [7, 11) is 0. The molecule has 0 bridgehead atoms. The lowest BCUT2D eigenvalue weighted by molar-refractivity contribution is 0.173. The molecule has 1 heterocycles. The Labute approximate surface area is 129 Å². The van der Waals surface area contributed by atoms with E-state index < -0.39 is 0 Å². The van der Waals surface area contributed by atoms with Crippen molar-refractivity contribution in [3.05, 3.63) is 59.4 Å². The van der Waals surface area contributed by atoms with Gasteiger partial charge in [-0.2, -0.15) is 0 Å². The van der Waals surface area contributed by atoms with Crippen LogP contribution in [0.1, 0.15) is 29.9 Å². The molecule has 114 valence electrons.